The van der Waals surface area contributed by atoms with Gasteiger partial charge in [-0.2, -0.15) is 0 Å². The largest absolute Gasteiger partial charge is 0.356 e. The third-order valence-electron chi connectivity index (χ3n) is 2.85. The van der Waals surface area contributed by atoms with Gasteiger partial charge in [0.05, 0.1) is 0 Å². The third-order valence-corrected chi connectivity index (χ3v) is 5.15. The van der Waals surface area contributed by atoms with E-state index in [2.05, 4.69) is 20.6 Å². The van der Waals surface area contributed by atoms with Crippen molar-refractivity contribution in [1.29, 1.82) is 0 Å². The Labute approximate surface area is 167 Å². The normalized spacial score (nSPS) is 11.0. The fourth-order valence-electron chi connectivity index (χ4n) is 1.73. The Bertz CT molecular complexity index is 576. The molecule has 0 unspecified atom stereocenters. The van der Waals surface area contributed by atoms with E-state index in [4.69, 9.17) is 11.6 Å². The Hall–Kier alpha value is -0.510. The van der Waals surface area contributed by atoms with Gasteiger partial charge >= 0.3 is 0 Å². The number of hydrogen-bond acceptors (Lipinski definition) is 4. The molecule has 2 aromatic rings. The van der Waals surface area contributed by atoms with Gasteiger partial charge in [-0.05, 0) is 24.1 Å². The molecular weight excluding hydrogens is 463 g/mol. The molecule has 0 spiro atoms. The first-order valence-electron chi connectivity index (χ1n) is 6.99. The summed E-state index contributed by atoms with van der Waals surface area (Å²) in [4.78, 5) is 8.47. The highest BCUT2D eigenvalue weighted by atomic mass is 127. The molecule has 2 rings (SSSR count). The van der Waals surface area contributed by atoms with Crippen molar-refractivity contribution < 1.29 is 0 Å². The Morgan fingerprint density at radius 2 is 2.09 bits per heavy atom. The molecule has 1 aromatic carbocycles. The van der Waals surface area contributed by atoms with Crippen LogP contribution in [0.15, 0.2) is 45.2 Å². The van der Waals surface area contributed by atoms with E-state index in [1.165, 1.54) is 5.56 Å². The van der Waals surface area contributed by atoms with Gasteiger partial charge in [0.2, 0.25) is 0 Å². The molecular formula is C15H20ClIN4S2. The lowest BCUT2D eigenvalue weighted by Crippen LogP contribution is -2.37. The van der Waals surface area contributed by atoms with Gasteiger partial charge in [0.15, 0.2) is 5.96 Å². The summed E-state index contributed by atoms with van der Waals surface area (Å²) in [5.74, 6) is 1.86. The van der Waals surface area contributed by atoms with Gasteiger partial charge in [0.25, 0.3) is 0 Å². The summed E-state index contributed by atoms with van der Waals surface area (Å²) in [5, 5.41) is 9.36. The number of hydrogen-bond donors (Lipinski definition) is 2. The molecule has 0 aliphatic rings. The zero-order chi connectivity index (χ0) is 15.6. The van der Waals surface area contributed by atoms with Gasteiger partial charge in [0.1, 0.15) is 4.34 Å². The Balaban J connectivity index is 0.00000264. The van der Waals surface area contributed by atoms with Crippen LogP contribution in [0.5, 0.6) is 0 Å². The molecule has 1 heterocycles. The fraction of sp³-hybridized carbons (Fsp3) is 0.333. The van der Waals surface area contributed by atoms with Crippen LogP contribution in [0.2, 0.25) is 5.02 Å². The number of rotatable bonds is 7. The summed E-state index contributed by atoms with van der Waals surface area (Å²) >= 11 is 9.35. The van der Waals surface area contributed by atoms with Gasteiger partial charge < -0.3 is 10.6 Å². The summed E-state index contributed by atoms with van der Waals surface area (Å²) in [6.07, 6.45) is 2.90. The number of benzene rings is 1. The molecule has 23 heavy (non-hydrogen) atoms. The molecule has 0 saturated carbocycles. The summed E-state index contributed by atoms with van der Waals surface area (Å²) in [6, 6.07) is 7.80. The van der Waals surface area contributed by atoms with Crippen LogP contribution in [0, 0.1) is 0 Å². The minimum absolute atomic E-state index is 0. The minimum atomic E-state index is 0. The number of nitrogens with zero attached hydrogens (tertiary/aromatic N) is 2. The lowest BCUT2D eigenvalue weighted by atomic mass is 10.2. The van der Waals surface area contributed by atoms with Crippen LogP contribution in [0.4, 0.5) is 0 Å². The molecule has 0 fully saturated rings. The lowest BCUT2D eigenvalue weighted by molar-refractivity contribution is 0.785. The van der Waals surface area contributed by atoms with Gasteiger partial charge in [0, 0.05) is 42.5 Å². The average molecular weight is 483 g/mol. The Morgan fingerprint density at radius 3 is 2.74 bits per heavy atom. The second kappa shape index (κ2) is 11.9. The van der Waals surface area contributed by atoms with Crippen molar-refractivity contribution in [2.45, 2.75) is 17.3 Å². The highest BCUT2D eigenvalue weighted by Crippen LogP contribution is 2.20. The minimum Gasteiger partial charge on any atom is -0.356 e. The monoisotopic (exact) mass is 482 g/mol. The lowest BCUT2D eigenvalue weighted by Gasteiger charge is -2.11. The number of thioether (sulfide) groups is 1. The second-order valence-electron chi connectivity index (χ2n) is 4.48. The standard InChI is InChI=1S/C15H19ClN4S2.HI/c1-17-14(20-11-12-3-5-13(16)6-4-12)18-7-2-9-21-15-19-8-10-22-15;/h3-6,8,10H,2,7,9,11H2,1H3,(H2,17,18,20);1H. The van der Waals surface area contributed by atoms with Crippen molar-refractivity contribution in [3.63, 3.8) is 0 Å². The van der Waals surface area contributed by atoms with Crippen molar-refractivity contribution in [3.05, 3.63) is 46.4 Å². The van der Waals surface area contributed by atoms with Gasteiger partial charge in [-0.15, -0.1) is 35.3 Å². The van der Waals surface area contributed by atoms with Crippen LogP contribution in [0.25, 0.3) is 0 Å². The molecule has 0 aliphatic heterocycles. The molecule has 0 amide bonds. The Kier molecular flexibility index (Phi) is 10.7. The number of thiazole rings is 1. The predicted octanol–water partition coefficient (Wildman–Crippen LogP) is 4.26. The molecule has 8 heteroatoms. The van der Waals surface area contributed by atoms with E-state index < -0.39 is 0 Å². The topological polar surface area (TPSA) is 49.3 Å². The third kappa shape index (κ3) is 8.23. The van der Waals surface area contributed by atoms with Gasteiger partial charge in [-0.25, -0.2) is 4.98 Å². The van der Waals surface area contributed by atoms with E-state index >= 15 is 0 Å². The van der Waals surface area contributed by atoms with Crippen LogP contribution < -0.4 is 10.6 Å². The maximum absolute atomic E-state index is 5.87. The predicted molar refractivity (Wildman–Crippen MR) is 113 cm³/mol. The van der Waals surface area contributed by atoms with Crippen LogP contribution in [0.1, 0.15) is 12.0 Å². The van der Waals surface area contributed by atoms with Crippen LogP contribution in [-0.4, -0.2) is 30.3 Å². The number of aromatic nitrogens is 1. The fourth-order valence-corrected chi connectivity index (χ4v) is 3.50. The van der Waals surface area contributed by atoms with E-state index in [0.717, 1.165) is 40.6 Å². The molecule has 4 nitrogen and oxygen atoms in total. The smallest absolute Gasteiger partial charge is 0.191 e. The summed E-state index contributed by atoms with van der Waals surface area (Å²) in [6.45, 7) is 1.61. The van der Waals surface area contributed by atoms with Crippen LogP contribution >= 0.6 is 58.7 Å². The molecule has 2 N–H and O–H groups in total. The van der Waals surface area contributed by atoms with Crippen molar-refractivity contribution in [1.82, 2.24) is 15.6 Å². The van der Waals surface area contributed by atoms with Crippen molar-refractivity contribution in [2.75, 3.05) is 19.3 Å². The second-order valence-corrected chi connectivity index (χ2v) is 7.15. The van der Waals surface area contributed by atoms with Crippen LogP contribution in [0.3, 0.4) is 0 Å². The number of halogens is 2. The zero-order valence-corrected chi connectivity index (χ0v) is 17.5. The number of guanidine groups is 1. The van der Waals surface area contributed by atoms with E-state index in [1.54, 1.807) is 30.1 Å². The maximum Gasteiger partial charge on any atom is 0.191 e. The zero-order valence-electron chi connectivity index (χ0n) is 12.8. The summed E-state index contributed by atoms with van der Waals surface area (Å²) in [7, 11) is 1.78. The first-order chi connectivity index (χ1) is 10.8. The van der Waals surface area contributed by atoms with Crippen molar-refractivity contribution in [3.8, 4) is 0 Å². The first kappa shape index (κ1) is 20.5. The van der Waals surface area contributed by atoms with E-state index in [0.29, 0.717) is 0 Å². The first-order valence-corrected chi connectivity index (χ1v) is 9.23. The Morgan fingerprint density at radius 1 is 1.30 bits per heavy atom. The van der Waals surface area contributed by atoms with Crippen molar-refractivity contribution >= 4 is 64.6 Å². The highest BCUT2D eigenvalue weighted by molar-refractivity contribution is 14.0. The average Bonchev–Trinajstić information content (AvgIpc) is 3.05. The quantitative estimate of drug-likeness (QED) is 0.204. The number of aliphatic imine (C=N–C) groups is 1. The molecule has 1 aromatic heterocycles. The van der Waals surface area contributed by atoms with Crippen molar-refractivity contribution in [2.24, 2.45) is 4.99 Å². The highest BCUT2D eigenvalue weighted by Gasteiger charge is 1.99. The van der Waals surface area contributed by atoms with E-state index in [9.17, 15) is 0 Å². The molecule has 126 valence electrons. The van der Waals surface area contributed by atoms with Gasteiger partial charge in [-0.1, -0.05) is 35.5 Å². The summed E-state index contributed by atoms with van der Waals surface area (Å²) in [5.41, 5.74) is 1.17. The molecule has 0 atom stereocenters. The SMILES string of the molecule is CN=C(NCCCSc1nccs1)NCc1ccc(Cl)cc1.I. The maximum atomic E-state index is 5.87. The molecule has 0 bridgehead atoms. The van der Waals surface area contributed by atoms with Crippen LogP contribution in [-0.2, 0) is 6.54 Å². The number of nitrogens with one attached hydrogen (secondary N) is 2. The molecule has 0 saturated heterocycles. The van der Waals surface area contributed by atoms with E-state index in [-0.39, 0.29) is 24.0 Å². The molecule has 0 aliphatic carbocycles. The van der Waals surface area contributed by atoms with E-state index in [1.807, 2.05) is 35.8 Å². The van der Waals surface area contributed by atoms with Gasteiger partial charge in [-0.3, -0.25) is 4.99 Å². The molecule has 0 radical (unpaired) electrons. The summed E-state index contributed by atoms with van der Waals surface area (Å²) < 4.78 is 1.13.